The average molecular weight is 321 g/mol. The van der Waals surface area contributed by atoms with E-state index < -0.39 is 23.6 Å². The zero-order valence-corrected chi connectivity index (χ0v) is 11.5. The first-order chi connectivity index (χ1) is 9.38. The summed E-state index contributed by atoms with van der Waals surface area (Å²) in [5.74, 6) is -2.32. The van der Waals surface area contributed by atoms with Gasteiger partial charge < -0.3 is 5.11 Å². The molecule has 0 aliphatic rings. The standard InChI is InChI=1S/C14H9Cl2F3O/c15-8-2-1-7(11(17)4-8)3-14(20)9-5-13(19)10(16)6-12(9)18/h1-2,4-6,14,20H,3H2. The van der Waals surface area contributed by atoms with Gasteiger partial charge in [-0.3, -0.25) is 0 Å². The molecule has 0 radical (unpaired) electrons. The van der Waals surface area contributed by atoms with Crippen molar-refractivity contribution in [2.75, 3.05) is 0 Å². The van der Waals surface area contributed by atoms with Gasteiger partial charge in [0.05, 0.1) is 11.1 Å². The second-order valence-corrected chi connectivity index (χ2v) is 5.09. The predicted octanol–water partition coefficient (Wildman–Crippen LogP) is 4.69. The van der Waals surface area contributed by atoms with Crippen LogP contribution in [0.1, 0.15) is 17.2 Å². The van der Waals surface area contributed by atoms with E-state index in [0.29, 0.717) is 0 Å². The first-order valence-corrected chi connectivity index (χ1v) is 6.40. The zero-order valence-electron chi connectivity index (χ0n) is 10.0. The Morgan fingerprint density at radius 2 is 1.65 bits per heavy atom. The first-order valence-electron chi connectivity index (χ1n) is 5.65. The fourth-order valence-corrected chi connectivity index (χ4v) is 2.11. The third-order valence-corrected chi connectivity index (χ3v) is 3.35. The minimum absolute atomic E-state index is 0.150. The SMILES string of the molecule is OC(Cc1ccc(Cl)cc1F)c1cc(F)c(Cl)cc1F. The van der Waals surface area contributed by atoms with E-state index in [4.69, 9.17) is 23.2 Å². The van der Waals surface area contributed by atoms with Crippen LogP contribution in [0.4, 0.5) is 13.2 Å². The maximum atomic E-state index is 13.6. The highest BCUT2D eigenvalue weighted by molar-refractivity contribution is 6.30. The Kier molecular flexibility index (Phi) is 4.58. The highest BCUT2D eigenvalue weighted by Crippen LogP contribution is 2.27. The third kappa shape index (κ3) is 3.26. The minimum Gasteiger partial charge on any atom is -0.388 e. The van der Waals surface area contributed by atoms with Crippen LogP contribution in [0.2, 0.25) is 10.0 Å². The summed E-state index contributed by atoms with van der Waals surface area (Å²) >= 11 is 11.0. The minimum atomic E-state index is -1.39. The summed E-state index contributed by atoms with van der Waals surface area (Å²) in [5.41, 5.74) is -0.127. The molecule has 0 aliphatic carbocycles. The topological polar surface area (TPSA) is 20.2 Å². The molecule has 0 bridgehead atoms. The Bertz CT molecular complexity index is 647. The first kappa shape index (κ1) is 15.2. The van der Waals surface area contributed by atoms with Gasteiger partial charge in [-0.25, -0.2) is 13.2 Å². The van der Waals surface area contributed by atoms with Gasteiger partial charge >= 0.3 is 0 Å². The maximum absolute atomic E-state index is 13.6. The van der Waals surface area contributed by atoms with E-state index in [0.717, 1.165) is 18.2 Å². The van der Waals surface area contributed by atoms with E-state index in [2.05, 4.69) is 0 Å². The van der Waals surface area contributed by atoms with Crippen molar-refractivity contribution >= 4 is 23.2 Å². The quantitative estimate of drug-likeness (QED) is 0.814. The van der Waals surface area contributed by atoms with Gasteiger partial charge in [-0.1, -0.05) is 29.3 Å². The largest absolute Gasteiger partial charge is 0.388 e. The summed E-state index contributed by atoms with van der Waals surface area (Å²) in [7, 11) is 0. The number of hydrogen-bond acceptors (Lipinski definition) is 1. The summed E-state index contributed by atoms with van der Waals surface area (Å²) in [6, 6.07) is 5.49. The van der Waals surface area contributed by atoms with Crippen LogP contribution < -0.4 is 0 Å². The van der Waals surface area contributed by atoms with Crippen molar-refractivity contribution in [2.45, 2.75) is 12.5 Å². The molecule has 0 spiro atoms. The molecule has 0 heterocycles. The van der Waals surface area contributed by atoms with Crippen molar-refractivity contribution in [3.8, 4) is 0 Å². The van der Waals surface area contributed by atoms with E-state index in [1.54, 1.807) is 0 Å². The van der Waals surface area contributed by atoms with E-state index in [1.165, 1.54) is 12.1 Å². The summed E-state index contributed by atoms with van der Waals surface area (Å²) in [6.45, 7) is 0. The summed E-state index contributed by atoms with van der Waals surface area (Å²) in [6.07, 6.45) is -1.60. The smallest absolute Gasteiger partial charge is 0.142 e. The molecule has 2 aromatic carbocycles. The Labute approximate surface area is 123 Å². The van der Waals surface area contributed by atoms with Crippen LogP contribution in [-0.4, -0.2) is 5.11 Å². The molecule has 6 heteroatoms. The number of rotatable bonds is 3. The number of aliphatic hydroxyl groups excluding tert-OH is 1. The highest BCUT2D eigenvalue weighted by atomic mass is 35.5. The second-order valence-electron chi connectivity index (χ2n) is 4.24. The fraction of sp³-hybridized carbons (Fsp3) is 0.143. The summed E-state index contributed by atoms with van der Waals surface area (Å²) < 4.78 is 40.5. The monoisotopic (exact) mass is 320 g/mol. The van der Waals surface area contributed by atoms with Gasteiger partial charge in [0.1, 0.15) is 17.5 Å². The van der Waals surface area contributed by atoms with Gasteiger partial charge in [-0.15, -0.1) is 0 Å². The lowest BCUT2D eigenvalue weighted by Gasteiger charge is -2.13. The molecule has 1 unspecified atom stereocenters. The molecule has 0 saturated carbocycles. The van der Waals surface area contributed by atoms with Crippen LogP contribution in [0.15, 0.2) is 30.3 Å². The fourth-order valence-electron chi connectivity index (χ4n) is 1.80. The van der Waals surface area contributed by atoms with Crippen molar-refractivity contribution in [2.24, 2.45) is 0 Å². The number of hydrogen-bond donors (Lipinski definition) is 1. The third-order valence-electron chi connectivity index (χ3n) is 2.83. The Balaban J connectivity index is 2.28. The zero-order chi connectivity index (χ0) is 14.9. The van der Waals surface area contributed by atoms with Gasteiger partial charge in [-0.05, 0) is 29.8 Å². The molecule has 2 rings (SSSR count). The molecule has 0 fully saturated rings. The van der Waals surface area contributed by atoms with Gasteiger partial charge in [0, 0.05) is 17.0 Å². The molecule has 0 amide bonds. The molecule has 1 atom stereocenters. The molecule has 0 saturated heterocycles. The van der Waals surface area contributed by atoms with Gasteiger partial charge in [0.15, 0.2) is 0 Å². The molecule has 1 nitrogen and oxygen atoms in total. The van der Waals surface area contributed by atoms with Gasteiger partial charge in [-0.2, -0.15) is 0 Å². The van der Waals surface area contributed by atoms with Crippen LogP contribution in [0.3, 0.4) is 0 Å². The molecular weight excluding hydrogens is 312 g/mol. The van der Waals surface area contributed by atoms with Crippen molar-refractivity contribution in [1.82, 2.24) is 0 Å². The lowest BCUT2D eigenvalue weighted by Crippen LogP contribution is -2.06. The summed E-state index contributed by atoms with van der Waals surface area (Å²) in [4.78, 5) is 0. The summed E-state index contributed by atoms with van der Waals surface area (Å²) in [5, 5.41) is 9.75. The molecule has 0 aliphatic heterocycles. The number of aliphatic hydroxyl groups is 1. The van der Waals surface area contributed by atoms with E-state index in [9.17, 15) is 18.3 Å². The Morgan fingerprint density at radius 3 is 2.30 bits per heavy atom. The maximum Gasteiger partial charge on any atom is 0.142 e. The molecule has 1 N–H and O–H groups in total. The molecule has 106 valence electrons. The van der Waals surface area contributed by atoms with Crippen LogP contribution in [0.5, 0.6) is 0 Å². The molecule has 0 aromatic heterocycles. The van der Waals surface area contributed by atoms with E-state index in [-0.39, 0.29) is 27.6 Å². The van der Waals surface area contributed by atoms with E-state index >= 15 is 0 Å². The number of halogens is 5. The Hall–Kier alpha value is -1.23. The second kappa shape index (κ2) is 6.04. The molecule has 2 aromatic rings. The molecule has 20 heavy (non-hydrogen) atoms. The van der Waals surface area contributed by atoms with Crippen LogP contribution in [-0.2, 0) is 6.42 Å². The van der Waals surface area contributed by atoms with Crippen LogP contribution >= 0.6 is 23.2 Å². The molecular formula is C14H9Cl2F3O. The van der Waals surface area contributed by atoms with Gasteiger partial charge in [0.25, 0.3) is 0 Å². The normalized spacial score (nSPS) is 12.5. The van der Waals surface area contributed by atoms with Crippen molar-refractivity contribution in [3.63, 3.8) is 0 Å². The van der Waals surface area contributed by atoms with Crippen molar-refractivity contribution in [3.05, 3.63) is 69.0 Å². The number of benzene rings is 2. The van der Waals surface area contributed by atoms with Gasteiger partial charge in [0.2, 0.25) is 0 Å². The van der Waals surface area contributed by atoms with E-state index in [1.807, 2.05) is 0 Å². The average Bonchev–Trinajstić information content (AvgIpc) is 2.37. The van der Waals surface area contributed by atoms with Crippen molar-refractivity contribution < 1.29 is 18.3 Å². The lowest BCUT2D eigenvalue weighted by atomic mass is 10.0. The highest BCUT2D eigenvalue weighted by Gasteiger charge is 2.18. The lowest BCUT2D eigenvalue weighted by molar-refractivity contribution is 0.172. The van der Waals surface area contributed by atoms with Crippen LogP contribution in [0, 0.1) is 17.5 Å². The van der Waals surface area contributed by atoms with Crippen LogP contribution in [0.25, 0.3) is 0 Å². The predicted molar refractivity (Wildman–Crippen MR) is 71.4 cm³/mol. The van der Waals surface area contributed by atoms with Crippen molar-refractivity contribution in [1.29, 1.82) is 0 Å². The Morgan fingerprint density at radius 1 is 0.950 bits per heavy atom.